The van der Waals surface area contributed by atoms with Gasteiger partial charge >= 0.3 is 0 Å². The lowest BCUT2D eigenvalue weighted by molar-refractivity contribution is 0.300. The molecule has 1 aromatic heterocycles. The van der Waals surface area contributed by atoms with Gasteiger partial charge < -0.3 is 9.63 Å². The van der Waals surface area contributed by atoms with E-state index in [2.05, 4.69) is 10.1 Å². The number of nitrogens with zero attached hydrogens (tertiary/aromatic N) is 2. The van der Waals surface area contributed by atoms with E-state index in [1.54, 1.807) is 23.9 Å². The van der Waals surface area contributed by atoms with Crippen LogP contribution in [0.15, 0.2) is 28.8 Å². The fourth-order valence-electron chi connectivity index (χ4n) is 1.29. The van der Waals surface area contributed by atoms with Crippen molar-refractivity contribution in [2.45, 2.75) is 17.9 Å². The van der Waals surface area contributed by atoms with Crippen LogP contribution in [0.5, 0.6) is 0 Å². The molecule has 0 spiro atoms. The summed E-state index contributed by atoms with van der Waals surface area (Å²) in [6.45, 7) is 2.09. The van der Waals surface area contributed by atoms with E-state index in [0.29, 0.717) is 22.5 Å². The van der Waals surface area contributed by atoms with Crippen LogP contribution >= 0.6 is 23.4 Å². The van der Waals surface area contributed by atoms with Crippen molar-refractivity contribution in [3.8, 4) is 11.5 Å². The van der Waals surface area contributed by atoms with Crippen LogP contribution in [0.2, 0.25) is 5.02 Å². The molecule has 1 unspecified atom stereocenters. The molecule has 0 amide bonds. The molecule has 2 aromatic rings. The average molecular weight is 285 g/mol. The Hall–Kier alpha value is -1.04. The van der Waals surface area contributed by atoms with Crippen LogP contribution in [0.4, 0.5) is 0 Å². The van der Waals surface area contributed by atoms with Gasteiger partial charge in [0.25, 0.3) is 5.89 Å². The average Bonchev–Trinajstić information content (AvgIpc) is 2.85. The first-order valence-electron chi connectivity index (χ1n) is 5.50. The third-order valence-electron chi connectivity index (χ3n) is 2.31. The maximum absolute atomic E-state index is 8.92. The molecule has 6 heteroatoms. The Kier molecular flexibility index (Phi) is 4.63. The highest BCUT2D eigenvalue weighted by atomic mass is 35.5. The molecule has 1 N–H and O–H groups in total. The Labute approximate surface area is 114 Å². The van der Waals surface area contributed by atoms with E-state index in [4.69, 9.17) is 21.2 Å². The van der Waals surface area contributed by atoms with Crippen molar-refractivity contribution in [1.29, 1.82) is 0 Å². The third kappa shape index (κ3) is 3.48. The molecule has 4 nitrogen and oxygen atoms in total. The fourth-order valence-corrected chi connectivity index (χ4v) is 2.07. The highest BCUT2D eigenvalue weighted by Gasteiger charge is 2.10. The van der Waals surface area contributed by atoms with Crippen LogP contribution < -0.4 is 0 Å². The smallest absolute Gasteiger partial charge is 0.257 e. The quantitative estimate of drug-likeness (QED) is 0.914. The van der Waals surface area contributed by atoms with Crippen LogP contribution in [0.3, 0.4) is 0 Å². The van der Waals surface area contributed by atoms with Gasteiger partial charge in [0.05, 0.1) is 12.4 Å². The molecule has 1 heterocycles. The summed E-state index contributed by atoms with van der Waals surface area (Å²) >= 11 is 7.40. The molecule has 1 aromatic carbocycles. The van der Waals surface area contributed by atoms with Crippen molar-refractivity contribution in [1.82, 2.24) is 10.1 Å². The van der Waals surface area contributed by atoms with Gasteiger partial charge in [-0.1, -0.05) is 23.7 Å². The second-order valence-electron chi connectivity index (χ2n) is 3.83. The highest BCUT2D eigenvalue weighted by molar-refractivity contribution is 7.99. The lowest BCUT2D eigenvalue weighted by Crippen LogP contribution is -2.02. The third-order valence-corrected chi connectivity index (χ3v) is 3.71. The summed E-state index contributed by atoms with van der Waals surface area (Å²) in [4.78, 5) is 4.29. The number of thioether (sulfide) groups is 1. The predicted octanol–water partition coefficient (Wildman–Crippen LogP) is 3.00. The number of benzene rings is 1. The van der Waals surface area contributed by atoms with Crippen molar-refractivity contribution in [2.24, 2.45) is 0 Å². The predicted molar refractivity (Wildman–Crippen MR) is 72.6 cm³/mol. The lowest BCUT2D eigenvalue weighted by Gasteiger charge is -2.03. The molecule has 1 atom stereocenters. The van der Waals surface area contributed by atoms with E-state index in [0.717, 1.165) is 5.56 Å². The summed E-state index contributed by atoms with van der Waals surface area (Å²) in [5, 5.41) is 13.7. The van der Waals surface area contributed by atoms with Crippen LogP contribution in [-0.4, -0.2) is 27.1 Å². The monoisotopic (exact) mass is 284 g/mol. The van der Waals surface area contributed by atoms with E-state index in [1.807, 2.05) is 19.1 Å². The number of aromatic nitrogens is 2. The molecule has 0 bridgehead atoms. The lowest BCUT2D eigenvalue weighted by atomic mass is 10.2. The molecular formula is C12H13ClN2O2S. The fraction of sp³-hybridized carbons (Fsp3) is 0.333. The van der Waals surface area contributed by atoms with Crippen molar-refractivity contribution < 1.29 is 9.63 Å². The molecule has 0 saturated carbocycles. The maximum atomic E-state index is 8.92. The van der Waals surface area contributed by atoms with Crippen LogP contribution in [-0.2, 0) is 5.75 Å². The van der Waals surface area contributed by atoms with Gasteiger partial charge in [0.2, 0.25) is 0 Å². The number of hydrogen-bond acceptors (Lipinski definition) is 5. The highest BCUT2D eigenvalue weighted by Crippen LogP contribution is 2.21. The van der Waals surface area contributed by atoms with Crippen LogP contribution in [0, 0.1) is 0 Å². The summed E-state index contributed by atoms with van der Waals surface area (Å²) in [6, 6.07) is 7.24. The first kappa shape index (κ1) is 13.4. The minimum atomic E-state index is 0.145. The van der Waals surface area contributed by atoms with Gasteiger partial charge in [-0.3, -0.25) is 0 Å². The van der Waals surface area contributed by atoms with E-state index in [-0.39, 0.29) is 11.9 Å². The van der Waals surface area contributed by atoms with Gasteiger partial charge in [-0.2, -0.15) is 4.98 Å². The molecule has 0 aliphatic carbocycles. The Morgan fingerprint density at radius 1 is 1.39 bits per heavy atom. The largest absolute Gasteiger partial charge is 0.395 e. The van der Waals surface area contributed by atoms with E-state index in [9.17, 15) is 0 Å². The molecular weight excluding hydrogens is 272 g/mol. The van der Waals surface area contributed by atoms with Crippen molar-refractivity contribution in [3.05, 3.63) is 35.1 Å². The molecule has 0 radical (unpaired) electrons. The minimum Gasteiger partial charge on any atom is -0.395 e. The second kappa shape index (κ2) is 6.22. The number of aliphatic hydroxyl groups is 1. The minimum absolute atomic E-state index is 0.145. The topological polar surface area (TPSA) is 59.2 Å². The number of rotatable bonds is 5. The molecule has 18 heavy (non-hydrogen) atoms. The molecule has 96 valence electrons. The van der Waals surface area contributed by atoms with Crippen LogP contribution in [0.1, 0.15) is 12.7 Å². The van der Waals surface area contributed by atoms with E-state index in [1.165, 1.54) is 0 Å². The first-order chi connectivity index (χ1) is 8.69. The van der Waals surface area contributed by atoms with E-state index >= 15 is 0 Å². The molecule has 2 rings (SSSR count). The van der Waals surface area contributed by atoms with E-state index < -0.39 is 0 Å². The molecule has 0 saturated heterocycles. The molecule has 0 aliphatic rings. The summed E-state index contributed by atoms with van der Waals surface area (Å²) in [7, 11) is 0. The number of aliphatic hydroxyl groups excluding tert-OH is 1. The first-order valence-corrected chi connectivity index (χ1v) is 6.92. The summed E-state index contributed by atoms with van der Waals surface area (Å²) in [5.74, 6) is 1.74. The zero-order valence-corrected chi connectivity index (χ0v) is 11.4. The van der Waals surface area contributed by atoms with Gasteiger partial charge in [0, 0.05) is 15.8 Å². The second-order valence-corrected chi connectivity index (χ2v) is 5.69. The standard InChI is InChI=1S/C12H13ClN2O2S/c1-8(6-16)18-7-11-14-12(17-15-11)9-2-4-10(13)5-3-9/h2-5,8,16H,6-7H2,1H3. The van der Waals surface area contributed by atoms with Crippen molar-refractivity contribution >= 4 is 23.4 Å². The van der Waals surface area contributed by atoms with Crippen LogP contribution in [0.25, 0.3) is 11.5 Å². The summed E-state index contributed by atoms with van der Waals surface area (Å²) in [5.41, 5.74) is 0.846. The van der Waals surface area contributed by atoms with Gasteiger partial charge in [0.1, 0.15) is 0 Å². The molecule has 0 aliphatic heterocycles. The SMILES string of the molecule is CC(CO)SCc1noc(-c2ccc(Cl)cc2)n1. The summed E-state index contributed by atoms with van der Waals surface area (Å²) < 4.78 is 5.18. The maximum Gasteiger partial charge on any atom is 0.257 e. The Morgan fingerprint density at radius 2 is 2.11 bits per heavy atom. The number of halogens is 1. The Morgan fingerprint density at radius 3 is 2.78 bits per heavy atom. The van der Waals surface area contributed by atoms with Crippen molar-refractivity contribution in [3.63, 3.8) is 0 Å². The van der Waals surface area contributed by atoms with Gasteiger partial charge in [-0.15, -0.1) is 11.8 Å². The van der Waals surface area contributed by atoms with Gasteiger partial charge in [-0.05, 0) is 24.3 Å². The summed E-state index contributed by atoms with van der Waals surface area (Å²) in [6.07, 6.45) is 0. The zero-order chi connectivity index (χ0) is 13.0. The number of hydrogen-bond donors (Lipinski definition) is 1. The van der Waals surface area contributed by atoms with Gasteiger partial charge in [-0.25, -0.2) is 0 Å². The Bertz CT molecular complexity index is 501. The van der Waals surface area contributed by atoms with Crippen molar-refractivity contribution in [2.75, 3.05) is 6.61 Å². The normalized spacial score (nSPS) is 12.6. The van der Waals surface area contributed by atoms with Gasteiger partial charge in [0.15, 0.2) is 5.82 Å². The zero-order valence-electron chi connectivity index (χ0n) is 9.84. The Balaban J connectivity index is 2.03. The molecule has 0 fully saturated rings.